The summed E-state index contributed by atoms with van der Waals surface area (Å²) in [6.07, 6.45) is -23.8. The Morgan fingerprint density at radius 2 is 1.06 bits per heavy atom. The van der Waals surface area contributed by atoms with Crippen LogP contribution >= 0.6 is 0 Å². The highest BCUT2D eigenvalue weighted by atomic mass is 16.7. The van der Waals surface area contributed by atoms with Crippen molar-refractivity contribution in [1.82, 2.24) is 0 Å². The van der Waals surface area contributed by atoms with Gasteiger partial charge in [0.15, 0.2) is 12.6 Å². The van der Waals surface area contributed by atoms with E-state index >= 15 is 0 Å². The van der Waals surface area contributed by atoms with E-state index < -0.39 is 112 Å². The lowest BCUT2D eigenvalue weighted by Crippen LogP contribution is -2.62. The lowest BCUT2D eigenvalue weighted by atomic mass is 9.98. The third-order valence-corrected chi connectivity index (χ3v) is 5.70. The maximum Gasteiger partial charge on any atom is 0.186 e. The van der Waals surface area contributed by atoms with Crippen LogP contribution < -0.4 is 0 Å². The van der Waals surface area contributed by atoms with Gasteiger partial charge in [0.25, 0.3) is 0 Å². The summed E-state index contributed by atoms with van der Waals surface area (Å²) in [7, 11) is 0. The maximum absolute atomic E-state index is 10.2. The summed E-state index contributed by atoms with van der Waals surface area (Å²) >= 11 is 0. The molecule has 34 heavy (non-hydrogen) atoms. The molecule has 12 N–H and O–H groups in total. The largest absolute Gasteiger partial charge is 0.394 e. The van der Waals surface area contributed by atoms with Crippen molar-refractivity contribution in [1.29, 1.82) is 0 Å². The molecule has 2 aliphatic rings. The summed E-state index contributed by atoms with van der Waals surface area (Å²) in [5.41, 5.74) is 0. The van der Waals surface area contributed by atoms with Crippen LogP contribution in [0.4, 0.5) is 0 Å². The maximum atomic E-state index is 10.2. The molecule has 2 heterocycles. The zero-order chi connectivity index (χ0) is 25.7. The molecule has 0 radical (unpaired) electrons. The minimum Gasteiger partial charge on any atom is -0.394 e. The van der Waals surface area contributed by atoms with Gasteiger partial charge >= 0.3 is 0 Å². The van der Waals surface area contributed by atoms with Crippen molar-refractivity contribution < 1.29 is 80.2 Å². The average molecular weight is 506 g/mol. The van der Waals surface area contributed by atoms with Gasteiger partial charge in [0.05, 0.1) is 26.4 Å². The Balaban J connectivity index is 1.95. The summed E-state index contributed by atoms with van der Waals surface area (Å²) in [4.78, 5) is 0. The lowest BCUT2D eigenvalue weighted by Gasteiger charge is -2.42. The van der Waals surface area contributed by atoms with Crippen molar-refractivity contribution in [2.75, 3.05) is 26.4 Å². The van der Waals surface area contributed by atoms with Crippen molar-refractivity contribution in [2.45, 2.75) is 85.8 Å². The monoisotopic (exact) mass is 506 g/mol. The standard InChI is InChI=1S/C18H34O16/c19-1-5(21)9(23)10(24)6(22)3-31-17-16(30)14(28)12(26)8(34-17)4-32-18-15(29)13(27)11(25)7(2-20)33-18/h5-30H,1-4H2/t5?,6-,7?,8?,9-,10-,11+,12-,13+,14+,15?,16?,17+,18-/m1/s1. The second-order valence-electron chi connectivity index (χ2n) is 8.18. The molecular weight excluding hydrogens is 472 g/mol. The molecule has 0 bridgehead atoms. The zero-order valence-electron chi connectivity index (χ0n) is 17.9. The Labute approximate surface area is 193 Å². The number of aliphatic hydroxyl groups excluding tert-OH is 12. The molecule has 0 aromatic heterocycles. The molecule has 2 rings (SSSR count). The first-order valence-corrected chi connectivity index (χ1v) is 10.5. The van der Waals surface area contributed by atoms with Crippen LogP contribution in [0.2, 0.25) is 0 Å². The molecule has 16 nitrogen and oxygen atoms in total. The van der Waals surface area contributed by atoms with Gasteiger partial charge in [-0.25, -0.2) is 0 Å². The number of rotatable bonds is 11. The summed E-state index contributed by atoms with van der Waals surface area (Å²) in [5, 5.41) is 117. The van der Waals surface area contributed by atoms with Crippen LogP contribution in [0.25, 0.3) is 0 Å². The van der Waals surface area contributed by atoms with E-state index in [1.807, 2.05) is 0 Å². The average Bonchev–Trinajstić information content (AvgIpc) is 2.84. The molecule has 0 saturated carbocycles. The fourth-order valence-electron chi connectivity index (χ4n) is 3.44. The minimum atomic E-state index is -1.95. The van der Waals surface area contributed by atoms with Crippen LogP contribution in [0.1, 0.15) is 0 Å². The molecule has 2 saturated heterocycles. The van der Waals surface area contributed by atoms with E-state index in [9.17, 15) is 56.2 Å². The quantitative estimate of drug-likeness (QED) is 0.124. The molecule has 0 amide bonds. The van der Waals surface area contributed by atoms with E-state index in [0.717, 1.165) is 0 Å². The second kappa shape index (κ2) is 13.1. The first-order valence-electron chi connectivity index (χ1n) is 10.5. The topological polar surface area (TPSA) is 280 Å². The molecule has 0 aliphatic carbocycles. The van der Waals surface area contributed by atoms with E-state index in [-0.39, 0.29) is 0 Å². The summed E-state index contributed by atoms with van der Waals surface area (Å²) in [5.74, 6) is 0. The molecule has 202 valence electrons. The predicted molar refractivity (Wildman–Crippen MR) is 103 cm³/mol. The molecule has 2 fully saturated rings. The van der Waals surface area contributed by atoms with Gasteiger partial charge in [-0.2, -0.15) is 0 Å². The normalized spacial score (nSPS) is 42.7. The van der Waals surface area contributed by atoms with E-state index in [1.54, 1.807) is 0 Å². The van der Waals surface area contributed by atoms with Gasteiger partial charge in [0, 0.05) is 0 Å². The fourth-order valence-corrected chi connectivity index (χ4v) is 3.44. The molecule has 5 unspecified atom stereocenters. The van der Waals surface area contributed by atoms with Crippen LogP contribution in [0, 0.1) is 0 Å². The Kier molecular flexibility index (Phi) is 11.4. The van der Waals surface area contributed by atoms with E-state index in [4.69, 9.17) is 24.1 Å². The van der Waals surface area contributed by atoms with Crippen LogP contribution in [-0.2, 0) is 18.9 Å². The van der Waals surface area contributed by atoms with E-state index in [1.165, 1.54) is 0 Å². The summed E-state index contributed by atoms with van der Waals surface area (Å²) in [6, 6.07) is 0. The van der Waals surface area contributed by atoms with Gasteiger partial charge in [-0.1, -0.05) is 0 Å². The first kappa shape index (κ1) is 29.6. The molecule has 0 spiro atoms. The van der Waals surface area contributed by atoms with Gasteiger partial charge < -0.3 is 80.2 Å². The predicted octanol–water partition coefficient (Wildman–Crippen LogP) is -7.94. The molecule has 16 heteroatoms. The number of hydrogen-bond donors (Lipinski definition) is 12. The SMILES string of the molecule is OCC(O)[C@@H](O)[C@H](O)[C@H](O)CO[C@H]1OC(CO[C@@H]2OC(CO)[C@H](O)[C@H](O)C2O)[C@@H](O)[C@H](O)C1O. The van der Waals surface area contributed by atoms with E-state index in [0.29, 0.717) is 0 Å². The van der Waals surface area contributed by atoms with Crippen molar-refractivity contribution >= 4 is 0 Å². The fraction of sp³-hybridized carbons (Fsp3) is 1.00. The lowest BCUT2D eigenvalue weighted by molar-refractivity contribution is -0.333. The number of aliphatic hydroxyl groups is 12. The van der Waals surface area contributed by atoms with Gasteiger partial charge in [0.1, 0.15) is 73.2 Å². The molecule has 0 aromatic carbocycles. The molecule has 0 aromatic rings. The Bertz CT molecular complexity index is 596. The van der Waals surface area contributed by atoms with Crippen LogP contribution in [0.3, 0.4) is 0 Å². The molecular formula is C18H34O16. The Hall–Kier alpha value is -0.640. The number of hydrogen-bond acceptors (Lipinski definition) is 16. The summed E-state index contributed by atoms with van der Waals surface area (Å²) in [6.45, 7) is -2.97. The van der Waals surface area contributed by atoms with E-state index in [2.05, 4.69) is 0 Å². The highest BCUT2D eigenvalue weighted by Gasteiger charge is 2.47. The minimum absolute atomic E-state index is 0.597. The highest BCUT2D eigenvalue weighted by Crippen LogP contribution is 2.26. The molecule has 2 aliphatic heterocycles. The summed E-state index contributed by atoms with van der Waals surface area (Å²) < 4.78 is 20.8. The third kappa shape index (κ3) is 6.77. The molecule has 14 atom stereocenters. The third-order valence-electron chi connectivity index (χ3n) is 5.70. The highest BCUT2D eigenvalue weighted by molar-refractivity contribution is 4.92. The van der Waals surface area contributed by atoms with Gasteiger partial charge in [-0.15, -0.1) is 0 Å². The van der Waals surface area contributed by atoms with Crippen molar-refractivity contribution in [2.24, 2.45) is 0 Å². The first-order chi connectivity index (χ1) is 15.9. The number of ether oxygens (including phenoxy) is 4. The van der Waals surface area contributed by atoms with Gasteiger partial charge in [-0.05, 0) is 0 Å². The van der Waals surface area contributed by atoms with Crippen molar-refractivity contribution in [3.05, 3.63) is 0 Å². The zero-order valence-corrected chi connectivity index (χ0v) is 17.9. The van der Waals surface area contributed by atoms with Crippen molar-refractivity contribution in [3.8, 4) is 0 Å². The van der Waals surface area contributed by atoms with Gasteiger partial charge in [-0.3, -0.25) is 0 Å². The van der Waals surface area contributed by atoms with Crippen LogP contribution in [0.5, 0.6) is 0 Å². The van der Waals surface area contributed by atoms with Crippen LogP contribution in [0.15, 0.2) is 0 Å². The second-order valence-corrected chi connectivity index (χ2v) is 8.18. The van der Waals surface area contributed by atoms with Gasteiger partial charge in [0.2, 0.25) is 0 Å². The van der Waals surface area contributed by atoms with Crippen molar-refractivity contribution in [3.63, 3.8) is 0 Å². The Morgan fingerprint density at radius 1 is 0.588 bits per heavy atom. The smallest absolute Gasteiger partial charge is 0.186 e. The Morgan fingerprint density at radius 3 is 1.59 bits per heavy atom. The van der Waals surface area contributed by atoms with Crippen LogP contribution in [-0.4, -0.2) is 174 Å².